The van der Waals surface area contributed by atoms with E-state index in [0.717, 1.165) is 13.8 Å². The van der Waals surface area contributed by atoms with Crippen molar-refractivity contribution >= 4 is 11.9 Å². The number of hydrogen-bond acceptors (Lipinski definition) is 8. The van der Waals surface area contributed by atoms with Gasteiger partial charge in [0, 0.05) is 6.92 Å². The monoisotopic (exact) mass is 323 g/mol. The van der Waals surface area contributed by atoms with Gasteiger partial charge in [-0.25, -0.2) is 4.79 Å². The van der Waals surface area contributed by atoms with E-state index in [-0.39, 0.29) is 0 Å². The molecule has 1 heterocycles. The molecule has 10 nitrogen and oxygen atoms in total. The molecule has 0 aromatic rings. The summed E-state index contributed by atoms with van der Waals surface area (Å²) in [6, 6.07) is -1.41. The van der Waals surface area contributed by atoms with Gasteiger partial charge in [-0.05, 0) is 6.92 Å². The third kappa shape index (κ3) is 3.37. The van der Waals surface area contributed by atoms with Crippen molar-refractivity contribution < 1.29 is 45.0 Å². The van der Waals surface area contributed by atoms with Gasteiger partial charge in [-0.1, -0.05) is 0 Å². The molecule has 1 aliphatic rings. The van der Waals surface area contributed by atoms with Crippen LogP contribution in [0.4, 0.5) is 0 Å². The van der Waals surface area contributed by atoms with Crippen LogP contribution in [0.3, 0.4) is 0 Å². The summed E-state index contributed by atoms with van der Waals surface area (Å²) in [6.07, 6.45) is -9.06. The van der Waals surface area contributed by atoms with E-state index in [1.165, 1.54) is 0 Å². The Labute approximate surface area is 125 Å². The van der Waals surface area contributed by atoms with Crippen molar-refractivity contribution in [2.75, 3.05) is 6.61 Å². The van der Waals surface area contributed by atoms with Crippen LogP contribution in [0.5, 0.6) is 0 Å². The molecule has 0 saturated carbocycles. The number of carbonyl (C=O) groups is 2. The van der Waals surface area contributed by atoms with E-state index < -0.39 is 60.6 Å². The minimum absolute atomic E-state index is 0.634. The Morgan fingerprint density at radius 2 is 1.82 bits per heavy atom. The van der Waals surface area contributed by atoms with E-state index in [0.29, 0.717) is 0 Å². The van der Waals surface area contributed by atoms with Crippen molar-refractivity contribution in [3.8, 4) is 0 Å². The molecular weight excluding hydrogens is 302 g/mol. The highest BCUT2D eigenvalue weighted by molar-refractivity contribution is 5.75. The maximum absolute atomic E-state index is 11.3. The van der Waals surface area contributed by atoms with Crippen LogP contribution >= 0.6 is 0 Å². The number of nitrogens with one attached hydrogen (secondary N) is 1. The Hall–Kier alpha value is -1.30. The maximum atomic E-state index is 11.3. The first-order chi connectivity index (χ1) is 10.1. The largest absolute Gasteiger partial charge is 0.479 e. The van der Waals surface area contributed by atoms with Crippen LogP contribution in [0.25, 0.3) is 0 Å². The lowest BCUT2D eigenvalue weighted by Gasteiger charge is -2.50. The Kier molecular flexibility index (Phi) is 5.84. The number of aliphatic carboxylic acids is 1. The third-order valence-electron chi connectivity index (χ3n) is 3.74. The van der Waals surface area contributed by atoms with Crippen molar-refractivity contribution in [1.29, 1.82) is 0 Å². The van der Waals surface area contributed by atoms with Gasteiger partial charge in [0.15, 0.2) is 6.10 Å². The van der Waals surface area contributed by atoms with Gasteiger partial charge in [-0.15, -0.1) is 0 Å². The molecule has 0 radical (unpaired) electrons. The lowest BCUT2D eigenvalue weighted by Crippen LogP contribution is -2.74. The van der Waals surface area contributed by atoms with Gasteiger partial charge in [-0.3, -0.25) is 4.79 Å². The predicted octanol–water partition coefficient (Wildman–Crippen LogP) is -3.83. The fourth-order valence-electron chi connectivity index (χ4n) is 2.51. The van der Waals surface area contributed by atoms with Crippen LogP contribution in [0.2, 0.25) is 0 Å². The zero-order valence-corrected chi connectivity index (χ0v) is 12.1. The maximum Gasteiger partial charge on any atom is 0.335 e. The second-order valence-corrected chi connectivity index (χ2v) is 5.41. The summed E-state index contributed by atoms with van der Waals surface area (Å²) in [5, 5.41) is 59.8. The first-order valence-electron chi connectivity index (χ1n) is 6.57. The molecule has 128 valence electrons. The van der Waals surface area contributed by atoms with E-state index in [1.54, 1.807) is 0 Å². The molecule has 1 amide bonds. The van der Waals surface area contributed by atoms with E-state index in [1.807, 2.05) is 0 Å². The lowest BCUT2D eigenvalue weighted by molar-refractivity contribution is -0.265. The summed E-state index contributed by atoms with van der Waals surface area (Å²) < 4.78 is 5.17. The predicted molar refractivity (Wildman–Crippen MR) is 69.6 cm³/mol. The molecule has 1 fully saturated rings. The van der Waals surface area contributed by atoms with Crippen LogP contribution in [-0.4, -0.2) is 91.3 Å². The van der Waals surface area contributed by atoms with Gasteiger partial charge in [0.1, 0.15) is 30.0 Å². The quantitative estimate of drug-likeness (QED) is 0.267. The third-order valence-corrected chi connectivity index (χ3v) is 3.74. The molecule has 1 aliphatic heterocycles. The van der Waals surface area contributed by atoms with Crippen molar-refractivity contribution in [1.82, 2.24) is 5.32 Å². The highest BCUT2D eigenvalue weighted by Crippen LogP contribution is 2.34. The van der Waals surface area contributed by atoms with Gasteiger partial charge in [-0.2, -0.15) is 0 Å². The average molecular weight is 323 g/mol. The fourth-order valence-corrected chi connectivity index (χ4v) is 2.51. The van der Waals surface area contributed by atoms with E-state index in [4.69, 9.17) is 14.9 Å². The molecule has 0 aromatic heterocycles. The molecule has 10 heteroatoms. The van der Waals surface area contributed by atoms with Crippen LogP contribution in [0.1, 0.15) is 13.8 Å². The van der Waals surface area contributed by atoms with E-state index in [9.17, 15) is 30.0 Å². The highest BCUT2D eigenvalue weighted by Gasteiger charge is 2.58. The number of ether oxygens (including phenoxy) is 1. The second kappa shape index (κ2) is 6.86. The zero-order chi connectivity index (χ0) is 17.2. The number of carboxylic acids is 1. The van der Waals surface area contributed by atoms with E-state index >= 15 is 0 Å². The highest BCUT2D eigenvalue weighted by atomic mass is 16.6. The van der Waals surface area contributed by atoms with Gasteiger partial charge in [0.2, 0.25) is 5.91 Å². The summed E-state index contributed by atoms with van der Waals surface area (Å²) >= 11 is 0. The standard InChI is InChI=1S/C12H21NO9/c1-4(15)13-9-7(18)6(17)8(11(20)21)22-12(9,2)10(19)5(16)3-14/h5-10,14,16-19H,3H2,1-2H3,(H,13,15)(H,20,21)/t5-,6+,7+,8+,9-,10-,12-/m1/s1. The normalized spacial score (nSPS) is 38.1. The fraction of sp³-hybridized carbons (Fsp3) is 0.833. The van der Waals surface area contributed by atoms with Crippen molar-refractivity contribution in [3.05, 3.63) is 0 Å². The van der Waals surface area contributed by atoms with Crippen LogP contribution in [0.15, 0.2) is 0 Å². The zero-order valence-electron chi connectivity index (χ0n) is 12.1. The molecule has 22 heavy (non-hydrogen) atoms. The van der Waals surface area contributed by atoms with Crippen LogP contribution < -0.4 is 5.32 Å². The average Bonchev–Trinajstić information content (AvgIpc) is 2.45. The minimum Gasteiger partial charge on any atom is -0.479 e. The van der Waals surface area contributed by atoms with Crippen LogP contribution in [0, 0.1) is 0 Å². The smallest absolute Gasteiger partial charge is 0.335 e. The van der Waals surface area contributed by atoms with Gasteiger partial charge in [0.25, 0.3) is 0 Å². The molecule has 1 saturated heterocycles. The number of carbonyl (C=O) groups excluding carboxylic acids is 1. The molecule has 0 spiro atoms. The summed E-state index contributed by atoms with van der Waals surface area (Å²) in [6.45, 7) is 1.41. The molecule has 7 N–H and O–H groups in total. The van der Waals surface area contributed by atoms with Gasteiger partial charge in [0.05, 0.1) is 12.6 Å². The number of rotatable bonds is 5. The number of hydrogen-bond donors (Lipinski definition) is 7. The van der Waals surface area contributed by atoms with Gasteiger partial charge < -0.3 is 40.7 Å². The Balaban J connectivity index is 3.25. The number of carboxylic acid groups (broad SMARTS) is 1. The van der Waals surface area contributed by atoms with Crippen molar-refractivity contribution in [2.24, 2.45) is 0 Å². The minimum atomic E-state index is -1.96. The second-order valence-electron chi connectivity index (χ2n) is 5.41. The lowest BCUT2D eigenvalue weighted by atomic mass is 9.78. The molecule has 0 bridgehead atoms. The molecular formula is C12H21NO9. The SMILES string of the molecule is CC(=O)N[C@@H]1[C@@H](O)[C@H](O)[C@@H](C(=O)O)O[C@@]1(C)[C@H](O)[C@H](O)CO. The first-order valence-corrected chi connectivity index (χ1v) is 6.57. The molecule has 0 aromatic carbocycles. The Morgan fingerprint density at radius 1 is 1.27 bits per heavy atom. The molecule has 0 aliphatic carbocycles. The summed E-state index contributed by atoms with van der Waals surface area (Å²) in [5.74, 6) is -2.23. The topological polar surface area (TPSA) is 177 Å². The Morgan fingerprint density at radius 3 is 2.23 bits per heavy atom. The number of aliphatic hydroxyl groups excluding tert-OH is 5. The summed E-state index contributed by atoms with van der Waals surface area (Å²) in [4.78, 5) is 22.4. The van der Waals surface area contributed by atoms with Gasteiger partial charge >= 0.3 is 5.97 Å². The first kappa shape index (κ1) is 18.7. The summed E-state index contributed by atoms with van der Waals surface area (Å²) in [7, 11) is 0. The number of aliphatic hydroxyl groups is 5. The van der Waals surface area contributed by atoms with E-state index in [2.05, 4.69) is 5.32 Å². The Bertz CT molecular complexity index is 431. The van der Waals surface area contributed by atoms with Crippen molar-refractivity contribution in [3.63, 3.8) is 0 Å². The van der Waals surface area contributed by atoms with Crippen LogP contribution in [-0.2, 0) is 14.3 Å². The van der Waals surface area contributed by atoms with Crippen molar-refractivity contribution in [2.45, 2.75) is 56.0 Å². The molecule has 0 unspecified atom stereocenters. The number of amides is 1. The molecule has 7 atom stereocenters. The summed E-state index contributed by atoms with van der Waals surface area (Å²) in [5.41, 5.74) is -1.96. The molecule has 1 rings (SSSR count).